The Bertz CT molecular complexity index is 258. The van der Waals surface area contributed by atoms with Gasteiger partial charge in [-0.15, -0.1) is 0 Å². The van der Waals surface area contributed by atoms with Crippen LogP contribution < -0.4 is 5.84 Å². The lowest BCUT2D eigenvalue weighted by atomic mass is 9.91. The number of hydrazine groups is 1. The summed E-state index contributed by atoms with van der Waals surface area (Å²) < 4.78 is 0. The molecule has 1 aliphatic rings. The van der Waals surface area contributed by atoms with Gasteiger partial charge in [0.1, 0.15) is 0 Å². The van der Waals surface area contributed by atoms with Gasteiger partial charge in [0.2, 0.25) is 0 Å². The molecule has 1 heterocycles. The molecule has 2 N–H and O–H groups in total. The smallest absolute Gasteiger partial charge is 0.0197 e. The van der Waals surface area contributed by atoms with Crippen molar-refractivity contribution in [2.45, 2.75) is 18.8 Å². The van der Waals surface area contributed by atoms with Crippen LogP contribution in [0.5, 0.6) is 0 Å². The molecule has 0 aromatic heterocycles. The summed E-state index contributed by atoms with van der Waals surface area (Å²) in [5.74, 6) is 6.43. The highest BCUT2D eigenvalue weighted by Crippen LogP contribution is 2.24. The van der Waals surface area contributed by atoms with Crippen LogP contribution in [0, 0.1) is 0 Å². The largest absolute Gasteiger partial charge is 0.269 e. The maximum atomic E-state index is 5.80. The monoisotopic (exact) mass is 176 g/mol. The lowest BCUT2D eigenvalue weighted by Gasteiger charge is -2.29. The summed E-state index contributed by atoms with van der Waals surface area (Å²) in [4.78, 5) is 0. The summed E-state index contributed by atoms with van der Waals surface area (Å²) in [5, 5.41) is 1.93. The van der Waals surface area contributed by atoms with E-state index in [0.717, 1.165) is 13.1 Å². The van der Waals surface area contributed by atoms with Crippen LogP contribution in [0.15, 0.2) is 30.3 Å². The zero-order chi connectivity index (χ0) is 9.10. The van der Waals surface area contributed by atoms with Crippen molar-refractivity contribution in [1.29, 1.82) is 0 Å². The minimum absolute atomic E-state index is 0.639. The highest BCUT2D eigenvalue weighted by Gasteiger charge is 2.18. The molecular weight excluding hydrogens is 160 g/mol. The van der Waals surface area contributed by atoms with E-state index in [2.05, 4.69) is 30.3 Å². The first kappa shape index (κ1) is 8.73. The van der Waals surface area contributed by atoms with Gasteiger partial charge in [0.05, 0.1) is 0 Å². The predicted molar refractivity (Wildman–Crippen MR) is 54.2 cm³/mol. The van der Waals surface area contributed by atoms with Gasteiger partial charge in [0, 0.05) is 13.1 Å². The fourth-order valence-corrected chi connectivity index (χ4v) is 2.00. The number of hydrogen-bond acceptors (Lipinski definition) is 2. The predicted octanol–water partition coefficient (Wildman–Crippen LogP) is 1.74. The summed E-state index contributed by atoms with van der Waals surface area (Å²) in [7, 11) is 0. The van der Waals surface area contributed by atoms with Gasteiger partial charge in [0.15, 0.2) is 0 Å². The molecule has 1 fully saturated rings. The lowest BCUT2D eigenvalue weighted by molar-refractivity contribution is 0.213. The third-order valence-electron chi connectivity index (χ3n) is 2.72. The van der Waals surface area contributed by atoms with Gasteiger partial charge in [-0.05, 0) is 24.3 Å². The molecule has 13 heavy (non-hydrogen) atoms. The van der Waals surface area contributed by atoms with Crippen LogP contribution in [0.25, 0.3) is 0 Å². The first-order chi connectivity index (χ1) is 6.36. The van der Waals surface area contributed by atoms with Crippen molar-refractivity contribution in [3.8, 4) is 0 Å². The van der Waals surface area contributed by atoms with Gasteiger partial charge >= 0.3 is 0 Å². The molecule has 0 aliphatic carbocycles. The minimum Gasteiger partial charge on any atom is -0.269 e. The van der Waals surface area contributed by atoms with Gasteiger partial charge < -0.3 is 0 Å². The van der Waals surface area contributed by atoms with Gasteiger partial charge in [-0.2, -0.15) is 0 Å². The van der Waals surface area contributed by atoms with E-state index in [1.54, 1.807) is 0 Å². The van der Waals surface area contributed by atoms with E-state index in [1.165, 1.54) is 18.4 Å². The van der Waals surface area contributed by atoms with Gasteiger partial charge in [0.25, 0.3) is 0 Å². The molecule has 2 rings (SSSR count). The maximum absolute atomic E-state index is 5.80. The molecular formula is C11H16N2. The molecule has 1 unspecified atom stereocenters. The van der Waals surface area contributed by atoms with Crippen molar-refractivity contribution >= 4 is 0 Å². The normalized spacial score (nSPS) is 24.5. The number of piperidine rings is 1. The van der Waals surface area contributed by atoms with Crippen LogP contribution in [0.4, 0.5) is 0 Å². The molecule has 2 nitrogen and oxygen atoms in total. The second-order valence-corrected chi connectivity index (χ2v) is 3.74. The Kier molecular flexibility index (Phi) is 2.62. The van der Waals surface area contributed by atoms with Crippen LogP contribution in [-0.4, -0.2) is 18.1 Å². The van der Waals surface area contributed by atoms with Crippen LogP contribution in [0.1, 0.15) is 24.3 Å². The van der Waals surface area contributed by atoms with Crippen LogP contribution in [0.2, 0.25) is 0 Å². The Labute approximate surface area is 79.3 Å². The van der Waals surface area contributed by atoms with Crippen molar-refractivity contribution in [1.82, 2.24) is 5.01 Å². The number of hydrogen-bond donors (Lipinski definition) is 1. The topological polar surface area (TPSA) is 29.3 Å². The van der Waals surface area contributed by atoms with E-state index in [1.807, 2.05) is 5.01 Å². The van der Waals surface area contributed by atoms with E-state index < -0.39 is 0 Å². The third kappa shape index (κ3) is 2.08. The summed E-state index contributed by atoms with van der Waals surface area (Å²) in [5.41, 5.74) is 1.43. The molecule has 1 aliphatic heterocycles. The SMILES string of the molecule is NN1CCCC(c2ccccc2)C1. The second kappa shape index (κ2) is 3.90. The standard InChI is InChI=1S/C11H16N2/c12-13-8-4-7-11(9-13)10-5-2-1-3-6-10/h1-3,5-6,11H,4,7-9,12H2. The molecule has 0 radical (unpaired) electrons. The Morgan fingerprint density at radius 3 is 2.69 bits per heavy atom. The van der Waals surface area contributed by atoms with E-state index in [4.69, 9.17) is 5.84 Å². The van der Waals surface area contributed by atoms with Crippen molar-refractivity contribution < 1.29 is 0 Å². The minimum atomic E-state index is 0.639. The molecule has 70 valence electrons. The highest BCUT2D eigenvalue weighted by molar-refractivity contribution is 5.20. The molecule has 1 aromatic carbocycles. The number of nitrogens with zero attached hydrogens (tertiary/aromatic N) is 1. The van der Waals surface area contributed by atoms with E-state index >= 15 is 0 Å². The number of benzene rings is 1. The summed E-state index contributed by atoms with van der Waals surface area (Å²) >= 11 is 0. The maximum Gasteiger partial charge on any atom is 0.0197 e. The van der Waals surface area contributed by atoms with Gasteiger partial charge in [-0.1, -0.05) is 30.3 Å². The van der Waals surface area contributed by atoms with Crippen LogP contribution in [-0.2, 0) is 0 Å². The fraction of sp³-hybridized carbons (Fsp3) is 0.455. The average molecular weight is 176 g/mol. The zero-order valence-corrected chi connectivity index (χ0v) is 7.82. The van der Waals surface area contributed by atoms with Gasteiger partial charge in [-0.25, -0.2) is 5.01 Å². The molecule has 2 heteroatoms. The molecule has 1 aromatic rings. The summed E-state index contributed by atoms with van der Waals surface area (Å²) in [6, 6.07) is 10.7. The molecule has 1 atom stereocenters. The van der Waals surface area contributed by atoms with Crippen LogP contribution >= 0.6 is 0 Å². The first-order valence-corrected chi connectivity index (χ1v) is 4.91. The van der Waals surface area contributed by atoms with Gasteiger partial charge in [-0.3, -0.25) is 5.84 Å². The van der Waals surface area contributed by atoms with E-state index in [-0.39, 0.29) is 0 Å². The Morgan fingerprint density at radius 1 is 1.23 bits per heavy atom. The highest BCUT2D eigenvalue weighted by atomic mass is 15.4. The van der Waals surface area contributed by atoms with Crippen molar-refractivity contribution in [3.63, 3.8) is 0 Å². The zero-order valence-electron chi connectivity index (χ0n) is 7.82. The van der Waals surface area contributed by atoms with E-state index in [9.17, 15) is 0 Å². The third-order valence-corrected chi connectivity index (χ3v) is 2.72. The molecule has 1 saturated heterocycles. The Hall–Kier alpha value is -0.860. The summed E-state index contributed by atoms with van der Waals surface area (Å²) in [6.07, 6.45) is 2.49. The molecule has 0 saturated carbocycles. The van der Waals surface area contributed by atoms with Crippen molar-refractivity contribution in [3.05, 3.63) is 35.9 Å². The fourth-order valence-electron chi connectivity index (χ4n) is 2.00. The van der Waals surface area contributed by atoms with E-state index in [0.29, 0.717) is 5.92 Å². The van der Waals surface area contributed by atoms with Crippen LogP contribution in [0.3, 0.4) is 0 Å². The van der Waals surface area contributed by atoms with Crippen molar-refractivity contribution in [2.75, 3.05) is 13.1 Å². The Balaban J connectivity index is 2.08. The average Bonchev–Trinajstić information content (AvgIpc) is 2.19. The van der Waals surface area contributed by atoms with Crippen molar-refractivity contribution in [2.24, 2.45) is 5.84 Å². The second-order valence-electron chi connectivity index (χ2n) is 3.74. The lowest BCUT2D eigenvalue weighted by Crippen LogP contribution is -2.39. The Morgan fingerprint density at radius 2 is 2.00 bits per heavy atom. The quantitative estimate of drug-likeness (QED) is 0.660. The summed E-state index contributed by atoms with van der Waals surface area (Å²) in [6.45, 7) is 2.05. The number of nitrogens with two attached hydrogens (primary N) is 1. The molecule has 0 amide bonds. The molecule has 0 spiro atoms. The first-order valence-electron chi connectivity index (χ1n) is 4.91. The molecule has 0 bridgehead atoms. The number of rotatable bonds is 1.